The van der Waals surface area contributed by atoms with E-state index in [1.165, 1.54) is 0 Å². The molecule has 0 heterocycles. The minimum atomic E-state index is -3.61. The van der Waals surface area contributed by atoms with Gasteiger partial charge >= 0.3 is 0 Å². The third-order valence-electron chi connectivity index (χ3n) is 0.986. The van der Waals surface area contributed by atoms with Crippen LogP contribution >= 0.6 is 22.3 Å². The highest BCUT2D eigenvalue weighted by atomic mass is 35.7. The van der Waals surface area contributed by atoms with Crippen LogP contribution in [0.15, 0.2) is 0 Å². The van der Waals surface area contributed by atoms with E-state index in [9.17, 15) is 8.42 Å². The number of hydrogen-bond acceptors (Lipinski definition) is 2. The van der Waals surface area contributed by atoms with Gasteiger partial charge in [0.15, 0.2) is 0 Å². The van der Waals surface area contributed by atoms with Crippen LogP contribution in [-0.2, 0) is 9.24 Å². The third kappa shape index (κ3) is 5.29. The maximum atomic E-state index is 10.4. The highest BCUT2D eigenvalue weighted by Gasteiger charge is 2.11. The van der Waals surface area contributed by atoms with Crippen LogP contribution in [0, 0.1) is 0 Å². The second-order valence-corrected chi connectivity index (χ2v) is 4.45. The van der Waals surface area contributed by atoms with Gasteiger partial charge in [0.2, 0.25) is 0 Å². The molecule has 10 heavy (non-hydrogen) atoms. The predicted octanol–water partition coefficient (Wildman–Crippen LogP) is 1.08. The van der Waals surface area contributed by atoms with Gasteiger partial charge in [-0.25, -0.2) is 0 Å². The standard InChI is InChI=1S/C4H9Cl2NO2S/c1-2-4(3-5)7-10(6,8)9/h4,7H,2-3H2,1H3. The summed E-state index contributed by atoms with van der Waals surface area (Å²) >= 11 is 5.39. The van der Waals surface area contributed by atoms with Crippen LogP contribution in [0.3, 0.4) is 0 Å². The van der Waals surface area contributed by atoms with E-state index < -0.39 is 9.24 Å². The molecule has 0 aliphatic carbocycles. The summed E-state index contributed by atoms with van der Waals surface area (Å²) in [4.78, 5) is 0. The molecule has 62 valence electrons. The Kier molecular flexibility index (Phi) is 4.60. The van der Waals surface area contributed by atoms with Crippen molar-refractivity contribution < 1.29 is 8.42 Å². The quantitative estimate of drug-likeness (QED) is 0.552. The molecule has 1 N–H and O–H groups in total. The molecule has 6 heteroatoms. The molecule has 0 saturated heterocycles. The van der Waals surface area contributed by atoms with Crippen molar-refractivity contribution in [2.75, 3.05) is 5.88 Å². The van der Waals surface area contributed by atoms with Crippen LogP contribution in [0.5, 0.6) is 0 Å². The minimum absolute atomic E-state index is 0.239. The molecule has 0 aliphatic heterocycles. The van der Waals surface area contributed by atoms with Crippen molar-refractivity contribution in [2.24, 2.45) is 0 Å². The summed E-state index contributed by atoms with van der Waals surface area (Å²) in [6, 6.07) is -0.260. The van der Waals surface area contributed by atoms with E-state index in [0.717, 1.165) is 0 Å². The molecular formula is C4H9Cl2NO2S. The van der Waals surface area contributed by atoms with Crippen LogP contribution < -0.4 is 4.72 Å². The lowest BCUT2D eigenvalue weighted by atomic mass is 10.3. The molecule has 0 rings (SSSR count). The number of nitrogens with one attached hydrogen (secondary N) is 1. The lowest BCUT2D eigenvalue weighted by Gasteiger charge is -2.08. The fourth-order valence-corrected chi connectivity index (χ4v) is 1.84. The minimum Gasteiger partial charge on any atom is -0.198 e. The molecule has 0 bridgehead atoms. The highest BCUT2D eigenvalue weighted by molar-refractivity contribution is 8.12. The Labute approximate surface area is 70.3 Å². The first kappa shape index (κ1) is 10.5. The summed E-state index contributed by atoms with van der Waals surface area (Å²) in [6.45, 7) is 1.82. The van der Waals surface area contributed by atoms with E-state index in [0.29, 0.717) is 6.42 Å². The molecule has 0 fully saturated rings. The molecule has 0 radical (unpaired) electrons. The summed E-state index contributed by atoms with van der Waals surface area (Å²) in [5, 5.41) is 0. The van der Waals surface area contributed by atoms with Crippen molar-refractivity contribution in [3.8, 4) is 0 Å². The van der Waals surface area contributed by atoms with Gasteiger partial charge in [-0.05, 0) is 6.42 Å². The molecule has 0 aromatic carbocycles. The molecule has 3 nitrogen and oxygen atoms in total. The van der Waals surface area contributed by atoms with Crippen LogP contribution in [-0.4, -0.2) is 20.3 Å². The maximum absolute atomic E-state index is 10.4. The van der Waals surface area contributed by atoms with Crippen molar-refractivity contribution in [1.29, 1.82) is 0 Å². The van der Waals surface area contributed by atoms with Gasteiger partial charge in [0.25, 0.3) is 9.24 Å². The first-order valence-electron chi connectivity index (χ1n) is 2.77. The largest absolute Gasteiger partial charge is 0.297 e. The fraction of sp³-hybridized carbons (Fsp3) is 1.00. The number of halogens is 2. The summed E-state index contributed by atoms with van der Waals surface area (Å²) in [6.07, 6.45) is 0.634. The molecule has 0 aromatic heterocycles. The smallest absolute Gasteiger partial charge is 0.198 e. The first-order valence-corrected chi connectivity index (χ1v) is 5.62. The van der Waals surface area contributed by atoms with E-state index in [1.54, 1.807) is 0 Å². The zero-order valence-corrected chi connectivity index (χ0v) is 7.80. The summed E-state index contributed by atoms with van der Waals surface area (Å²) < 4.78 is 22.9. The van der Waals surface area contributed by atoms with E-state index in [-0.39, 0.29) is 11.9 Å². The third-order valence-corrected chi connectivity index (χ3v) is 2.24. The Morgan fingerprint density at radius 1 is 1.60 bits per heavy atom. The molecule has 0 aliphatic rings. The van der Waals surface area contributed by atoms with E-state index in [4.69, 9.17) is 22.3 Å². The summed E-state index contributed by atoms with van der Waals surface area (Å²) in [7, 11) is 1.28. The van der Waals surface area contributed by atoms with Gasteiger partial charge in [0.05, 0.1) is 0 Å². The van der Waals surface area contributed by atoms with Gasteiger partial charge in [-0.3, -0.25) is 0 Å². The Balaban J connectivity index is 3.87. The van der Waals surface area contributed by atoms with E-state index >= 15 is 0 Å². The van der Waals surface area contributed by atoms with Crippen molar-refractivity contribution in [1.82, 2.24) is 4.72 Å². The maximum Gasteiger partial charge on any atom is 0.297 e. The Morgan fingerprint density at radius 3 is 2.20 bits per heavy atom. The first-order chi connectivity index (χ1) is 4.49. The van der Waals surface area contributed by atoms with Gasteiger partial charge in [-0.15, -0.1) is 11.6 Å². The monoisotopic (exact) mass is 205 g/mol. The predicted molar refractivity (Wildman–Crippen MR) is 42.7 cm³/mol. The SMILES string of the molecule is CCC(CCl)NS(=O)(=O)Cl. The molecular weight excluding hydrogens is 197 g/mol. The van der Waals surface area contributed by atoms with Gasteiger partial charge in [-0.1, -0.05) is 6.92 Å². The van der Waals surface area contributed by atoms with E-state index in [1.807, 2.05) is 6.92 Å². The van der Waals surface area contributed by atoms with Crippen molar-refractivity contribution >= 4 is 31.5 Å². The highest BCUT2D eigenvalue weighted by Crippen LogP contribution is 1.99. The number of hydrogen-bond donors (Lipinski definition) is 1. The van der Waals surface area contributed by atoms with Gasteiger partial charge in [-0.2, -0.15) is 13.1 Å². The summed E-state index contributed by atoms with van der Waals surface area (Å²) in [5.41, 5.74) is 0. The molecule has 0 amide bonds. The second kappa shape index (κ2) is 4.38. The van der Waals surface area contributed by atoms with Gasteiger partial charge in [0, 0.05) is 22.6 Å². The van der Waals surface area contributed by atoms with Crippen LogP contribution in [0.1, 0.15) is 13.3 Å². The lowest BCUT2D eigenvalue weighted by molar-refractivity contribution is 0.571. The van der Waals surface area contributed by atoms with Crippen LogP contribution in [0.2, 0.25) is 0 Å². The molecule has 0 saturated carbocycles. The average Bonchev–Trinajstić information content (AvgIpc) is 1.81. The molecule has 1 atom stereocenters. The number of rotatable bonds is 4. The Morgan fingerprint density at radius 2 is 2.10 bits per heavy atom. The molecule has 0 aromatic rings. The van der Waals surface area contributed by atoms with Crippen LogP contribution in [0.25, 0.3) is 0 Å². The fourth-order valence-electron chi connectivity index (χ4n) is 0.423. The van der Waals surface area contributed by atoms with Crippen molar-refractivity contribution in [2.45, 2.75) is 19.4 Å². The number of alkyl halides is 1. The zero-order chi connectivity index (χ0) is 8.20. The topological polar surface area (TPSA) is 46.2 Å². The normalized spacial score (nSPS) is 15.1. The molecule has 0 spiro atoms. The average molecular weight is 206 g/mol. The summed E-state index contributed by atoms with van der Waals surface area (Å²) in [5.74, 6) is 0.239. The zero-order valence-electron chi connectivity index (χ0n) is 5.47. The Bertz CT molecular complexity index is 176. The molecule has 1 unspecified atom stereocenters. The van der Waals surface area contributed by atoms with Gasteiger partial charge < -0.3 is 0 Å². The second-order valence-electron chi connectivity index (χ2n) is 1.82. The van der Waals surface area contributed by atoms with E-state index in [2.05, 4.69) is 4.72 Å². The van der Waals surface area contributed by atoms with Crippen LogP contribution in [0.4, 0.5) is 0 Å². The lowest BCUT2D eigenvalue weighted by Crippen LogP contribution is -2.32. The van der Waals surface area contributed by atoms with Gasteiger partial charge in [0.1, 0.15) is 0 Å². The van der Waals surface area contributed by atoms with Crippen molar-refractivity contribution in [3.05, 3.63) is 0 Å². The Hall–Kier alpha value is 0.490. The van der Waals surface area contributed by atoms with Crippen molar-refractivity contribution in [3.63, 3.8) is 0 Å².